The first kappa shape index (κ1) is 21.8. The number of aromatic nitrogens is 4. The summed E-state index contributed by atoms with van der Waals surface area (Å²) in [6, 6.07) is 9.93. The summed E-state index contributed by atoms with van der Waals surface area (Å²) in [6.45, 7) is 3.66. The number of carbonyl (C=O) groups excluding carboxylic acids is 1. The highest BCUT2D eigenvalue weighted by atomic mass is 35.5. The fraction of sp³-hybridized carbons (Fsp3) is 0.136. The normalized spacial score (nSPS) is 12.0. The summed E-state index contributed by atoms with van der Waals surface area (Å²) in [5.41, 5.74) is 2.93. The van der Waals surface area contributed by atoms with Gasteiger partial charge in [-0.3, -0.25) is 14.0 Å². The van der Waals surface area contributed by atoms with Gasteiger partial charge in [0.1, 0.15) is 11.5 Å². The number of sulfonamides is 1. The summed E-state index contributed by atoms with van der Waals surface area (Å²) >= 11 is 6.04. The minimum Gasteiger partial charge on any atom is -0.285 e. The van der Waals surface area contributed by atoms with Gasteiger partial charge in [0.25, 0.3) is 15.9 Å². The Labute approximate surface area is 190 Å². The first-order chi connectivity index (χ1) is 15.2. The lowest BCUT2D eigenvalue weighted by Crippen LogP contribution is -2.28. The molecule has 0 saturated carbocycles. The van der Waals surface area contributed by atoms with E-state index in [9.17, 15) is 13.2 Å². The van der Waals surface area contributed by atoms with Gasteiger partial charge in [0.15, 0.2) is 0 Å². The molecular weight excluding hydrogens is 450 g/mol. The molecule has 1 amide bonds. The molecule has 0 bridgehead atoms. The zero-order valence-corrected chi connectivity index (χ0v) is 19.1. The van der Waals surface area contributed by atoms with E-state index in [0.717, 1.165) is 10.9 Å². The second-order valence-electron chi connectivity index (χ2n) is 7.31. The predicted octanol–water partition coefficient (Wildman–Crippen LogP) is 3.55. The molecule has 164 valence electrons. The van der Waals surface area contributed by atoms with Gasteiger partial charge in [0.05, 0.1) is 15.6 Å². The largest absolute Gasteiger partial charge is 0.285 e. The fourth-order valence-electron chi connectivity index (χ4n) is 3.41. The SMILES string of the molecule is Cc1ccc(S(=O)(=O)NC(=O)/C=C/c2c(C)nn(C)c2-n2ccc3cc(Cl)cnc32)cc1. The molecule has 32 heavy (non-hydrogen) atoms. The maximum atomic E-state index is 12.5. The monoisotopic (exact) mass is 469 g/mol. The van der Waals surface area contributed by atoms with Gasteiger partial charge < -0.3 is 0 Å². The van der Waals surface area contributed by atoms with Crippen LogP contribution >= 0.6 is 11.6 Å². The number of amides is 1. The van der Waals surface area contributed by atoms with E-state index in [2.05, 4.69) is 14.8 Å². The van der Waals surface area contributed by atoms with Crippen LogP contribution in [-0.4, -0.2) is 33.7 Å². The second-order valence-corrected chi connectivity index (χ2v) is 9.43. The highest BCUT2D eigenvalue weighted by Gasteiger charge is 2.18. The second kappa shape index (κ2) is 8.25. The topological polar surface area (TPSA) is 98.9 Å². The summed E-state index contributed by atoms with van der Waals surface area (Å²) < 4.78 is 30.5. The third-order valence-electron chi connectivity index (χ3n) is 4.93. The number of aryl methyl sites for hydroxylation is 3. The van der Waals surface area contributed by atoms with Crippen molar-refractivity contribution in [3.8, 4) is 5.82 Å². The Balaban J connectivity index is 1.65. The summed E-state index contributed by atoms with van der Waals surface area (Å²) in [5, 5.41) is 5.83. The number of fused-ring (bicyclic) bond motifs is 1. The van der Waals surface area contributed by atoms with E-state index >= 15 is 0 Å². The van der Waals surface area contributed by atoms with E-state index in [1.165, 1.54) is 18.2 Å². The molecule has 0 aliphatic heterocycles. The molecule has 3 aromatic heterocycles. The molecule has 4 aromatic rings. The number of nitrogens with one attached hydrogen (secondary N) is 1. The molecule has 0 saturated heterocycles. The van der Waals surface area contributed by atoms with Crippen LogP contribution in [0.15, 0.2) is 59.8 Å². The third kappa shape index (κ3) is 4.17. The zero-order valence-electron chi connectivity index (χ0n) is 17.6. The van der Waals surface area contributed by atoms with E-state index in [-0.39, 0.29) is 4.90 Å². The fourth-order valence-corrected chi connectivity index (χ4v) is 4.52. The van der Waals surface area contributed by atoms with Crippen LogP contribution in [0.4, 0.5) is 0 Å². The average Bonchev–Trinajstić information content (AvgIpc) is 3.25. The van der Waals surface area contributed by atoms with Gasteiger partial charge in [-0.1, -0.05) is 29.3 Å². The highest BCUT2D eigenvalue weighted by molar-refractivity contribution is 7.90. The summed E-state index contributed by atoms with van der Waals surface area (Å²) in [5.74, 6) is -0.0835. The maximum absolute atomic E-state index is 12.5. The molecule has 0 spiro atoms. The molecule has 0 aliphatic carbocycles. The van der Waals surface area contributed by atoms with Gasteiger partial charge in [0.2, 0.25) is 0 Å². The molecule has 4 rings (SSSR count). The van der Waals surface area contributed by atoms with Crippen molar-refractivity contribution in [1.29, 1.82) is 0 Å². The number of rotatable bonds is 5. The van der Waals surface area contributed by atoms with Crippen LogP contribution in [0.25, 0.3) is 22.9 Å². The van der Waals surface area contributed by atoms with E-state index < -0.39 is 15.9 Å². The Morgan fingerprint density at radius 3 is 2.59 bits per heavy atom. The third-order valence-corrected chi connectivity index (χ3v) is 6.50. The number of hydrogen-bond donors (Lipinski definition) is 1. The van der Waals surface area contributed by atoms with Crippen molar-refractivity contribution >= 4 is 44.6 Å². The number of pyridine rings is 1. The van der Waals surface area contributed by atoms with E-state index in [4.69, 9.17) is 11.6 Å². The molecule has 0 atom stereocenters. The summed E-state index contributed by atoms with van der Waals surface area (Å²) in [4.78, 5) is 16.8. The van der Waals surface area contributed by atoms with Crippen molar-refractivity contribution in [3.63, 3.8) is 0 Å². The van der Waals surface area contributed by atoms with Crippen molar-refractivity contribution in [2.45, 2.75) is 18.7 Å². The van der Waals surface area contributed by atoms with Gasteiger partial charge in [0, 0.05) is 36.5 Å². The number of nitrogens with zero attached hydrogens (tertiary/aromatic N) is 4. The van der Waals surface area contributed by atoms with Crippen molar-refractivity contribution in [2.75, 3.05) is 0 Å². The maximum Gasteiger partial charge on any atom is 0.264 e. The van der Waals surface area contributed by atoms with Crippen LogP contribution in [0, 0.1) is 13.8 Å². The Morgan fingerprint density at radius 1 is 1.16 bits per heavy atom. The van der Waals surface area contributed by atoms with Gasteiger partial charge in [-0.2, -0.15) is 5.10 Å². The molecule has 8 nitrogen and oxygen atoms in total. The van der Waals surface area contributed by atoms with Gasteiger partial charge >= 0.3 is 0 Å². The number of benzene rings is 1. The van der Waals surface area contributed by atoms with Crippen LogP contribution in [0.5, 0.6) is 0 Å². The molecule has 10 heteroatoms. The van der Waals surface area contributed by atoms with Crippen LogP contribution in [0.1, 0.15) is 16.8 Å². The number of hydrogen-bond acceptors (Lipinski definition) is 5. The smallest absolute Gasteiger partial charge is 0.264 e. The minimum absolute atomic E-state index is 0.0200. The molecule has 0 aliphatic rings. The molecule has 3 heterocycles. The van der Waals surface area contributed by atoms with Crippen molar-refractivity contribution in [1.82, 2.24) is 24.1 Å². The predicted molar refractivity (Wildman–Crippen MR) is 123 cm³/mol. The van der Waals surface area contributed by atoms with Crippen LogP contribution in [0.2, 0.25) is 5.02 Å². The first-order valence-electron chi connectivity index (χ1n) is 9.64. The van der Waals surface area contributed by atoms with Crippen LogP contribution in [-0.2, 0) is 21.9 Å². The van der Waals surface area contributed by atoms with Gasteiger partial charge in [-0.15, -0.1) is 0 Å². The molecule has 0 radical (unpaired) electrons. The molecule has 1 aromatic carbocycles. The van der Waals surface area contributed by atoms with Crippen molar-refractivity contribution < 1.29 is 13.2 Å². The lowest BCUT2D eigenvalue weighted by atomic mass is 10.2. The number of carbonyl (C=O) groups is 1. The summed E-state index contributed by atoms with van der Waals surface area (Å²) in [6.07, 6.45) is 6.11. The minimum atomic E-state index is -3.97. The Morgan fingerprint density at radius 2 is 1.88 bits per heavy atom. The van der Waals surface area contributed by atoms with E-state index in [0.29, 0.717) is 27.7 Å². The Bertz CT molecular complexity index is 1470. The van der Waals surface area contributed by atoms with Gasteiger partial charge in [-0.05, 0) is 44.2 Å². The van der Waals surface area contributed by atoms with Crippen LogP contribution in [0.3, 0.4) is 0 Å². The molecular formula is C22H20ClN5O3S. The molecule has 1 N–H and O–H groups in total. The lowest BCUT2D eigenvalue weighted by molar-refractivity contribution is -0.114. The van der Waals surface area contributed by atoms with Crippen LogP contribution < -0.4 is 4.72 Å². The van der Waals surface area contributed by atoms with E-state index in [1.54, 1.807) is 43.1 Å². The summed E-state index contributed by atoms with van der Waals surface area (Å²) in [7, 11) is -2.19. The van der Waals surface area contributed by atoms with E-state index in [1.807, 2.05) is 29.8 Å². The van der Waals surface area contributed by atoms with Gasteiger partial charge in [-0.25, -0.2) is 18.1 Å². The first-order valence-corrected chi connectivity index (χ1v) is 11.5. The quantitative estimate of drug-likeness (QED) is 0.451. The average molecular weight is 470 g/mol. The Kier molecular flexibility index (Phi) is 5.62. The number of halogens is 1. The van der Waals surface area contributed by atoms with Crippen molar-refractivity contribution in [3.05, 3.63) is 76.7 Å². The molecule has 0 fully saturated rings. The Hall–Kier alpha value is -3.43. The lowest BCUT2D eigenvalue weighted by Gasteiger charge is -2.07. The standard InChI is InChI=1S/C22H20ClN5O3S/c1-14-4-6-18(7-5-14)32(30,31)26-20(29)9-8-19-15(2)25-27(3)22(19)28-11-10-16-12-17(23)13-24-21(16)28/h4-13H,1-3H3,(H,26,29)/b9-8+. The van der Waals surface area contributed by atoms with Crippen molar-refractivity contribution in [2.24, 2.45) is 7.05 Å². The zero-order chi connectivity index (χ0) is 23.0. The molecule has 0 unspecified atom stereocenters. The highest BCUT2D eigenvalue weighted by Crippen LogP contribution is 2.25.